The Labute approximate surface area is 158 Å². The van der Waals surface area contributed by atoms with Gasteiger partial charge in [0.25, 0.3) is 5.22 Å². The number of pyridine rings is 1. The van der Waals surface area contributed by atoms with Crippen LogP contribution in [-0.4, -0.2) is 36.8 Å². The van der Waals surface area contributed by atoms with Crippen molar-refractivity contribution in [1.82, 2.24) is 30.5 Å². The van der Waals surface area contributed by atoms with E-state index in [2.05, 4.69) is 30.5 Å². The summed E-state index contributed by atoms with van der Waals surface area (Å²) in [5.74, 6) is 1.14. The van der Waals surface area contributed by atoms with Gasteiger partial charge in [-0.25, -0.2) is 4.98 Å². The number of H-pyrrole nitrogens is 1. The van der Waals surface area contributed by atoms with E-state index >= 15 is 0 Å². The van der Waals surface area contributed by atoms with Gasteiger partial charge in [0.05, 0.1) is 22.8 Å². The van der Waals surface area contributed by atoms with E-state index in [0.29, 0.717) is 16.9 Å². The number of carbonyl (C=O) groups is 1. The minimum atomic E-state index is -0.236. The second-order valence-electron chi connectivity index (χ2n) is 5.83. The van der Waals surface area contributed by atoms with Gasteiger partial charge in [0, 0.05) is 18.0 Å². The van der Waals surface area contributed by atoms with E-state index in [1.54, 1.807) is 24.5 Å². The van der Waals surface area contributed by atoms with E-state index in [1.807, 2.05) is 31.2 Å². The van der Waals surface area contributed by atoms with Gasteiger partial charge in [-0.3, -0.25) is 9.78 Å². The molecule has 1 amide bonds. The average molecular weight is 380 g/mol. The van der Waals surface area contributed by atoms with Crippen LogP contribution in [0.15, 0.2) is 58.4 Å². The first-order chi connectivity index (χ1) is 13.2. The molecule has 2 N–H and O–H groups in total. The maximum absolute atomic E-state index is 12.2. The maximum atomic E-state index is 12.2. The highest BCUT2D eigenvalue weighted by Crippen LogP contribution is 2.22. The molecular formula is C18H16N6O2S. The van der Waals surface area contributed by atoms with E-state index < -0.39 is 0 Å². The van der Waals surface area contributed by atoms with Crippen LogP contribution in [0.5, 0.6) is 0 Å². The van der Waals surface area contributed by atoms with Gasteiger partial charge >= 0.3 is 0 Å². The van der Waals surface area contributed by atoms with Crippen molar-refractivity contribution in [3.8, 4) is 11.5 Å². The molecule has 4 rings (SSSR count). The van der Waals surface area contributed by atoms with Gasteiger partial charge in [0.1, 0.15) is 5.82 Å². The predicted octanol–water partition coefficient (Wildman–Crippen LogP) is 2.98. The highest BCUT2D eigenvalue weighted by molar-refractivity contribution is 7.99. The number of hydrogen-bond donors (Lipinski definition) is 2. The lowest BCUT2D eigenvalue weighted by molar-refractivity contribution is -0.119. The SMILES string of the molecule is C[C@@H](NC(=O)CSc1nnc(-c2ccncc2)o1)c1nc2ccccc2[nH]1. The smallest absolute Gasteiger partial charge is 0.277 e. The first-order valence-electron chi connectivity index (χ1n) is 8.30. The molecule has 1 atom stereocenters. The summed E-state index contributed by atoms with van der Waals surface area (Å²) in [6.07, 6.45) is 3.30. The van der Waals surface area contributed by atoms with Crippen molar-refractivity contribution < 1.29 is 9.21 Å². The summed E-state index contributed by atoms with van der Waals surface area (Å²) in [5.41, 5.74) is 2.60. The summed E-state index contributed by atoms with van der Waals surface area (Å²) in [6, 6.07) is 11.1. The summed E-state index contributed by atoms with van der Waals surface area (Å²) in [4.78, 5) is 23.9. The van der Waals surface area contributed by atoms with Crippen molar-refractivity contribution in [2.24, 2.45) is 0 Å². The van der Waals surface area contributed by atoms with Crippen LogP contribution in [0.3, 0.4) is 0 Å². The molecule has 9 heteroatoms. The molecule has 0 aliphatic carbocycles. The molecule has 0 saturated carbocycles. The molecule has 0 fully saturated rings. The third kappa shape index (κ3) is 3.98. The number of carbonyl (C=O) groups excluding carboxylic acids is 1. The largest absolute Gasteiger partial charge is 0.411 e. The van der Waals surface area contributed by atoms with Crippen molar-refractivity contribution in [2.45, 2.75) is 18.2 Å². The topological polar surface area (TPSA) is 110 Å². The highest BCUT2D eigenvalue weighted by atomic mass is 32.2. The van der Waals surface area contributed by atoms with Crippen LogP contribution in [0.25, 0.3) is 22.5 Å². The molecule has 0 saturated heterocycles. The van der Waals surface area contributed by atoms with Crippen molar-refractivity contribution in [2.75, 3.05) is 5.75 Å². The Kier molecular flexibility index (Phi) is 4.84. The molecule has 136 valence electrons. The molecule has 0 unspecified atom stereocenters. The third-order valence-corrected chi connectivity index (χ3v) is 4.67. The number of hydrogen-bond acceptors (Lipinski definition) is 7. The van der Waals surface area contributed by atoms with Crippen LogP contribution in [0.4, 0.5) is 0 Å². The van der Waals surface area contributed by atoms with Crippen molar-refractivity contribution in [1.29, 1.82) is 0 Å². The normalized spacial score (nSPS) is 12.2. The fraction of sp³-hybridized carbons (Fsp3) is 0.167. The van der Waals surface area contributed by atoms with Gasteiger partial charge in [0.2, 0.25) is 11.8 Å². The number of amides is 1. The Bertz CT molecular complexity index is 1030. The molecule has 1 aromatic carbocycles. The maximum Gasteiger partial charge on any atom is 0.277 e. The summed E-state index contributed by atoms with van der Waals surface area (Å²) < 4.78 is 5.56. The Hall–Kier alpha value is -3.20. The van der Waals surface area contributed by atoms with E-state index in [1.165, 1.54) is 11.8 Å². The number of rotatable bonds is 6. The van der Waals surface area contributed by atoms with Crippen LogP contribution in [0.1, 0.15) is 18.8 Å². The van der Waals surface area contributed by atoms with Crippen molar-refractivity contribution in [3.05, 3.63) is 54.6 Å². The zero-order valence-corrected chi connectivity index (χ0v) is 15.2. The highest BCUT2D eigenvalue weighted by Gasteiger charge is 2.15. The number of nitrogens with zero attached hydrogens (tertiary/aromatic N) is 4. The number of benzene rings is 1. The Morgan fingerprint density at radius 3 is 2.85 bits per heavy atom. The molecule has 0 spiro atoms. The lowest BCUT2D eigenvalue weighted by Crippen LogP contribution is -2.28. The first-order valence-corrected chi connectivity index (χ1v) is 9.28. The molecular weight excluding hydrogens is 364 g/mol. The first kappa shape index (κ1) is 17.2. The van der Waals surface area contributed by atoms with Gasteiger partial charge in [-0.05, 0) is 31.2 Å². The molecule has 27 heavy (non-hydrogen) atoms. The van der Waals surface area contributed by atoms with Gasteiger partial charge in [-0.1, -0.05) is 23.9 Å². The molecule has 8 nitrogen and oxygen atoms in total. The molecule has 0 aliphatic heterocycles. The fourth-order valence-electron chi connectivity index (χ4n) is 2.54. The molecule has 3 aromatic heterocycles. The number of fused-ring (bicyclic) bond motifs is 1. The number of aromatic amines is 1. The second-order valence-corrected chi connectivity index (χ2v) is 6.75. The van der Waals surface area contributed by atoms with Crippen LogP contribution >= 0.6 is 11.8 Å². The van der Waals surface area contributed by atoms with Crippen LogP contribution in [0.2, 0.25) is 0 Å². The summed E-state index contributed by atoms with van der Waals surface area (Å²) >= 11 is 1.19. The van der Waals surface area contributed by atoms with Crippen molar-refractivity contribution >= 4 is 28.7 Å². The zero-order valence-electron chi connectivity index (χ0n) is 14.4. The average Bonchev–Trinajstić information content (AvgIpc) is 3.34. The monoisotopic (exact) mass is 380 g/mol. The number of nitrogens with one attached hydrogen (secondary N) is 2. The molecule has 4 aromatic rings. The lowest BCUT2D eigenvalue weighted by Gasteiger charge is -2.10. The predicted molar refractivity (Wildman–Crippen MR) is 101 cm³/mol. The molecule has 0 aliphatic rings. The number of thioether (sulfide) groups is 1. The number of para-hydroxylation sites is 2. The summed E-state index contributed by atoms with van der Waals surface area (Å²) in [7, 11) is 0. The standard InChI is InChI=1S/C18H16N6O2S/c1-11(16-21-13-4-2-3-5-14(13)22-16)20-15(25)10-27-18-24-23-17(26-18)12-6-8-19-9-7-12/h2-9,11H,10H2,1H3,(H,20,25)(H,21,22)/t11-/m1/s1. The van der Waals surface area contributed by atoms with E-state index in [4.69, 9.17) is 4.42 Å². The molecule has 0 radical (unpaired) electrons. The zero-order chi connectivity index (χ0) is 18.6. The third-order valence-electron chi connectivity index (χ3n) is 3.86. The Balaban J connectivity index is 1.33. The minimum absolute atomic E-state index is 0.142. The van der Waals surface area contributed by atoms with Gasteiger partial charge in [-0.2, -0.15) is 0 Å². The van der Waals surface area contributed by atoms with Crippen LogP contribution in [0, 0.1) is 0 Å². The Morgan fingerprint density at radius 2 is 2.04 bits per heavy atom. The quantitative estimate of drug-likeness (QED) is 0.495. The molecule has 0 bridgehead atoms. The number of aromatic nitrogens is 5. The van der Waals surface area contributed by atoms with E-state index in [9.17, 15) is 4.79 Å². The second kappa shape index (κ2) is 7.58. The van der Waals surface area contributed by atoms with E-state index in [0.717, 1.165) is 16.6 Å². The van der Waals surface area contributed by atoms with Gasteiger partial charge in [-0.15, -0.1) is 10.2 Å². The Morgan fingerprint density at radius 1 is 1.22 bits per heavy atom. The van der Waals surface area contributed by atoms with Gasteiger partial charge in [0.15, 0.2) is 0 Å². The summed E-state index contributed by atoms with van der Waals surface area (Å²) in [6.45, 7) is 1.88. The van der Waals surface area contributed by atoms with Crippen LogP contribution in [-0.2, 0) is 4.79 Å². The fourth-order valence-corrected chi connectivity index (χ4v) is 3.11. The summed E-state index contributed by atoms with van der Waals surface area (Å²) in [5, 5.41) is 11.2. The number of imidazole rings is 1. The lowest BCUT2D eigenvalue weighted by atomic mass is 10.3. The van der Waals surface area contributed by atoms with Gasteiger partial charge < -0.3 is 14.7 Å². The molecule has 3 heterocycles. The van der Waals surface area contributed by atoms with Crippen molar-refractivity contribution in [3.63, 3.8) is 0 Å². The van der Waals surface area contributed by atoms with Crippen LogP contribution < -0.4 is 5.32 Å². The minimum Gasteiger partial charge on any atom is -0.411 e. The van der Waals surface area contributed by atoms with E-state index in [-0.39, 0.29) is 17.7 Å².